The molecule has 0 atom stereocenters. The summed E-state index contributed by atoms with van der Waals surface area (Å²) in [6.45, 7) is 10.4. The standard InChI is InChI=1S/C15H20N4S.BrH/c1-10-6-7-12(8-16-10)11(2)18-19-14-17-13(9-20-14)15(3,4)5;/h6-9H,1-5H3,(H,17,19);1H. The molecule has 0 fully saturated rings. The largest absolute Gasteiger partial charge is 0.261 e. The topological polar surface area (TPSA) is 50.2 Å². The van der Waals surface area contributed by atoms with Crippen LogP contribution in [0.3, 0.4) is 0 Å². The van der Waals surface area contributed by atoms with Crippen molar-refractivity contribution in [2.24, 2.45) is 5.10 Å². The first kappa shape index (κ1) is 17.8. The maximum atomic E-state index is 4.55. The Bertz CT molecular complexity index is 611. The molecule has 4 nitrogen and oxygen atoms in total. The van der Waals surface area contributed by atoms with Gasteiger partial charge in [0.2, 0.25) is 5.13 Å². The van der Waals surface area contributed by atoms with E-state index in [9.17, 15) is 0 Å². The Balaban J connectivity index is 0.00000220. The normalized spacial score (nSPS) is 12.0. The lowest BCUT2D eigenvalue weighted by molar-refractivity contribution is 0.573. The molecule has 0 aliphatic rings. The van der Waals surface area contributed by atoms with Gasteiger partial charge in [0.15, 0.2) is 0 Å². The van der Waals surface area contributed by atoms with E-state index >= 15 is 0 Å². The van der Waals surface area contributed by atoms with Gasteiger partial charge in [0.05, 0.1) is 11.4 Å². The maximum Gasteiger partial charge on any atom is 0.203 e. The van der Waals surface area contributed by atoms with E-state index in [0.717, 1.165) is 27.8 Å². The number of thiazole rings is 1. The van der Waals surface area contributed by atoms with Gasteiger partial charge in [-0.2, -0.15) is 5.10 Å². The van der Waals surface area contributed by atoms with Crippen LogP contribution in [-0.2, 0) is 5.41 Å². The smallest absolute Gasteiger partial charge is 0.203 e. The molecule has 2 aromatic rings. The molecule has 21 heavy (non-hydrogen) atoms. The SMILES string of the molecule is Br.CC(=NNc1nc(C(C)(C)C)cs1)c1ccc(C)nc1. The third-order valence-corrected chi connectivity index (χ3v) is 3.67. The van der Waals surface area contributed by atoms with Crippen molar-refractivity contribution in [1.82, 2.24) is 9.97 Å². The molecule has 6 heteroatoms. The second-order valence-corrected chi connectivity index (χ2v) is 6.64. The molecule has 2 rings (SSSR count). The average Bonchev–Trinajstić information content (AvgIpc) is 2.85. The van der Waals surface area contributed by atoms with E-state index in [1.54, 1.807) is 11.3 Å². The second-order valence-electron chi connectivity index (χ2n) is 5.79. The molecule has 0 aliphatic heterocycles. The zero-order valence-electron chi connectivity index (χ0n) is 13.0. The molecule has 0 bridgehead atoms. The van der Waals surface area contributed by atoms with E-state index < -0.39 is 0 Å². The number of nitrogens with zero attached hydrogens (tertiary/aromatic N) is 3. The van der Waals surface area contributed by atoms with Crippen LogP contribution in [0.5, 0.6) is 0 Å². The molecular weight excluding hydrogens is 348 g/mol. The van der Waals surface area contributed by atoms with Gasteiger partial charge in [-0.1, -0.05) is 20.8 Å². The number of nitrogens with one attached hydrogen (secondary N) is 1. The summed E-state index contributed by atoms with van der Waals surface area (Å²) < 4.78 is 0. The van der Waals surface area contributed by atoms with E-state index in [4.69, 9.17) is 0 Å². The van der Waals surface area contributed by atoms with Gasteiger partial charge in [-0.15, -0.1) is 28.3 Å². The number of hydrogen-bond acceptors (Lipinski definition) is 5. The summed E-state index contributed by atoms with van der Waals surface area (Å²) in [6, 6.07) is 4.00. The van der Waals surface area contributed by atoms with Crippen LogP contribution >= 0.6 is 28.3 Å². The molecule has 0 saturated carbocycles. The molecule has 0 aliphatic carbocycles. The minimum absolute atomic E-state index is 0. The van der Waals surface area contributed by atoms with Crippen molar-refractivity contribution in [1.29, 1.82) is 0 Å². The highest BCUT2D eigenvalue weighted by Crippen LogP contribution is 2.26. The summed E-state index contributed by atoms with van der Waals surface area (Å²) in [7, 11) is 0. The first-order chi connectivity index (χ1) is 9.36. The van der Waals surface area contributed by atoms with Gasteiger partial charge in [-0.25, -0.2) is 4.98 Å². The minimum Gasteiger partial charge on any atom is -0.261 e. The summed E-state index contributed by atoms with van der Waals surface area (Å²) >= 11 is 1.57. The number of rotatable bonds is 3. The van der Waals surface area contributed by atoms with Crippen molar-refractivity contribution < 1.29 is 0 Å². The number of anilines is 1. The molecule has 2 heterocycles. The summed E-state index contributed by atoms with van der Waals surface area (Å²) in [6.07, 6.45) is 1.83. The lowest BCUT2D eigenvalue weighted by atomic mass is 9.93. The number of halogens is 1. The van der Waals surface area contributed by atoms with E-state index in [1.165, 1.54) is 0 Å². The van der Waals surface area contributed by atoms with Crippen molar-refractivity contribution in [3.63, 3.8) is 0 Å². The molecular formula is C15H21BrN4S. The van der Waals surface area contributed by atoms with Crippen LogP contribution in [-0.4, -0.2) is 15.7 Å². The fourth-order valence-electron chi connectivity index (χ4n) is 1.55. The Labute approximate surface area is 140 Å². The van der Waals surface area contributed by atoms with Gasteiger partial charge in [0.1, 0.15) is 0 Å². The first-order valence-corrected chi connectivity index (χ1v) is 7.43. The zero-order chi connectivity index (χ0) is 14.8. The summed E-state index contributed by atoms with van der Waals surface area (Å²) in [5.41, 5.74) is 7.07. The van der Waals surface area contributed by atoms with E-state index in [-0.39, 0.29) is 22.4 Å². The third kappa shape index (κ3) is 4.89. The number of aryl methyl sites for hydroxylation is 1. The van der Waals surface area contributed by atoms with E-state index in [0.29, 0.717) is 0 Å². The van der Waals surface area contributed by atoms with Crippen molar-refractivity contribution in [3.05, 3.63) is 40.7 Å². The quantitative estimate of drug-likeness (QED) is 0.638. The summed E-state index contributed by atoms with van der Waals surface area (Å²) in [5, 5.41) is 7.25. The predicted molar refractivity (Wildman–Crippen MR) is 95.9 cm³/mol. The lowest BCUT2D eigenvalue weighted by Gasteiger charge is -2.13. The molecule has 1 N–H and O–H groups in total. The molecule has 0 unspecified atom stereocenters. The Hall–Kier alpha value is -1.27. The average molecular weight is 369 g/mol. The van der Waals surface area contributed by atoms with Crippen LogP contribution in [0.4, 0.5) is 5.13 Å². The van der Waals surface area contributed by atoms with Crippen LogP contribution in [0.25, 0.3) is 0 Å². The Morgan fingerprint density at radius 1 is 1.29 bits per heavy atom. The molecule has 2 aromatic heterocycles. The molecule has 0 radical (unpaired) electrons. The highest BCUT2D eigenvalue weighted by atomic mass is 79.9. The summed E-state index contributed by atoms with van der Waals surface area (Å²) in [5.74, 6) is 0. The van der Waals surface area contributed by atoms with Crippen LogP contribution in [0.2, 0.25) is 0 Å². The highest BCUT2D eigenvalue weighted by molar-refractivity contribution is 8.93. The number of hydrazone groups is 1. The van der Waals surface area contributed by atoms with Crippen LogP contribution in [0.1, 0.15) is 44.6 Å². The van der Waals surface area contributed by atoms with Crippen LogP contribution in [0.15, 0.2) is 28.8 Å². The zero-order valence-corrected chi connectivity index (χ0v) is 15.5. The highest BCUT2D eigenvalue weighted by Gasteiger charge is 2.17. The second kappa shape index (κ2) is 7.13. The first-order valence-electron chi connectivity index (χ1n) is 6.55. The number of hydrogen-bond donors (Lipinski definition) is 1. The predicted octanol–water partition coefficient (Wildman–Crippen LogP) is 4.56. The summed E-state index contributed by atoms with van der Waals surface area (Å²) in [4.78, 5) is 8.82. The fraction of sp³-hybridized carbons (Fsp3) is 0.400. The van der Waals surface area contributed by atoms with E-state index in [2.05, 4.69) is 46.6 Å². The van der Waals surface area contributed by atoms with Crippen molar-refractivity contribution in [2.45, 2.75) is 40.0 Å². The van der Waals surface area contributed by atoms with Gasteiger partial charge in [0, 0.05) is 28.2 Å². The van der Waals surface area contributed by atoms with Crippen LogP contribution < -0.4 is 5.43 Å². The Kier molecular flexibility index (Phi) is 6.04. The molecule has 0 amide bonds. The van der Waals surface area contributed by atoms with Gasteiger partial charge >= 0.3 is 0 Å². The monoisotopic (exact) mass is 368 g/mol. The van der Waals surface area contributed by atoms with Crippen molar-refractivity contribution in [3.8, 4) is 0 Å². The maximum absolute atomic E-state index is 4.55. The van der Waals surface area contributed by atoms with Gasteiger partial charge in [-0.3, -0.25) is 10.4 Å². The Morgan fingerprint density at radius 3 is 2.52 bits per heavy atom. The molecule has 0 spiro atoms. The van der Waals surface area contributed by atoms with E-state index in [1.807, 2.05) is 32.2 Å². The molecule has 114 valence electrons. The Morgan fingerprint density at radius 2 is 2.00 bits per heavy atom. The third-order valence-electron chi connectivity index (χ3n) is 2.92. The number of aromatic nitrogens is 2. The molecule has 0 saturated heterocycles. The molecule has 0 aromatic carbocycles. The lowest BCUT2D eigenvalue weighted by Crippen LogP contribution is -2.11. The van der Waals surface area contributed by atoms with Gasteiger partial charge in [0.25, 0.3) is 0 Å². The van der Waals surface area contributed by atoms with Gasteiger partial charge < -0.3 is 0 Å². The van der Waals surface area contributed by atoms with Gasteiger partial charge in [-0.05, 0) is 26.0 Å². The van der Waals surface area contributed by atoms with Crippen LogP contribution in [0, 0.1) is 6.92 Å². The van der Waals surface area contributed by atoms with Crippen molar-refractivity contribution in [2.75, 3.05) is 5.43 Å². The fourth-order valence-corrected chi connectivity index (χ4v) is 2.43. The number of pyridine rings is 1. The van der Waals surface area contributed by atoms with Crippen molar-refractivity contribution >= 4 is 39.2 Å². The minimum atomic E-state index is 0.